The van der Waals surface area contributed by atoms with Gasteiger partial charge in [-0.1, -0.05) is 11.8 Å². The largest absolute Gasteiger partial charge is 0.384 e. The van der Waals surface area contributed by atoms with Gasteiger partial charge in [0.2, 0.25) is 10.0 Å². The molecule has 1 rings (SSSR count). The summed E-state index contributed by atoms with van der Waals surface area (Å²) in [4.78, 5) is 5.87. The number of rotatable bonds is 5. The first-order valence-electron chi connectivity index (χ1n) is 6.41. The van der Waals surface area contributed by atoms with Crippen LogP contribution in [-0.2, 0) is 10.0 Å². The van der Waals surface area contributed by atoms with E-state index in [-0.39, 0.29) is 23.6 Å². The molecule has 1 aromatic heterocycles. The van der Waals surface area contributed by atoms with Gasteiger partial charge in [-0.15, -0.1) is 0 Å². The van der Waals surface area contributed by atoms with Crippen LogP contribution < -0.4 is 4.72 Å². The zero-order chi connectivity index (χ0) is 16.1. The van der Waals surface area contributed by atoms with Gasteiger partial charge in [-0.05, 0) is 34.0 Å². The fourth-order valence-electron chi connectivity index (χ4n) is 1.29. The van der Waals surface area contributed by atoms with E-state index >= 15 is 0 Å². The average molecular weight is 311 g/mol. The van der Waals surface area contributed by atoms with Gasteiger partial charge in [0.1, 0.15) is 11.5 Å². The highest BCUT2D eigenvalue weighted by Gasteiger charge is 2.24. The fraction of sp³-hybridized carbons (Fsp3) is 0.500. The number of hydrogen-bond acceptors (Lipinski definition) is 5. The number of aromatic nitrogens is 1. The first-order valence-corrected chi connectivity index (χ1v) is 7.89. The number of aliphatic hydroxyl groups excluding tert-OH is 1. The summed E-state index contributed by atoms with van der Waals surface area (Å²) >= 11 is 0. The maximum atomic E-state index is 12.3. The van der Waals surface area contributed by atoms with E-state index in [0.717, 1.165) is 0 Å². The zero-order valence-corrected chi connectivity index (χ0v) is 13.5. The summed E-state index contributed by atoms with van der Waals surface area (Å²) in [5.74, 6) is 5.09. The second-order valence-corrected chi connectivity index (χ2v) is 7.17. The number of nitrogens with one attached hydrogen (secondary N) is 1. The molecule has 0 saturated carbocycles. The SMILES string of the molecule is CN(C)C(C)(C)CNS(=O)(=O)c1cncc(C#CCO)c1. The van der Waals surface area contributed by atoms with Crippen LogP contribution in [0.4, 0.5) is 0 Å². The van der Waals surface area contributed by atoms with Crippen LogP contribution in [-0.4, -0.2) is 56.2 Å². The van der Waals surface area contributed by atoms with E-state index in [1.807, 2.05) is 32.8 Å². The van der Waals surface area contributed by atoms with Crippen molar-refractivity contribution in [2.24, 2.45) is 0 Å². The molecule has 0 radical (unpaired) electrons. The van der Waals surface area contributed by atoms with Gasteiger partial charge < -0.3 is 10.0 Å². The Morgan fingerprint density at radius 1 is 1.38 bits per heavy atom. The molecule has 0 saturated heterocycles. The summed E-state index contributed by atoms with van der Waals surface area (Å²) in [7, 11) is 0.136. The van der Waals surface area contributed by atoms with E-state index < -0.39 is 10.0 Å². The van der Waals surface area contributed by atoms with Gasteiger partial charge in [-0.25, -0.2) is 13.1 Å². The molecule has 1 heterocycles. The molecule has 0 amide bonds. The quantitative estimate of drug-likeness (QED) is 0.751. The van der Waals surface area contributed by atoms with Crippen molar-refractivity contribution in [3.8, 4) is 11.8 Å². The lowest BCUT2D eigenvalue weighted by molar-refractivity contribution is 0.199. The van der Waals surface area contributed by atoms with Crippen LogP contribution in [0, 0.1) is 11.8 Å². The van der Waals surface area contributed by atoms with E-state index in [4.69, 9.17) is 5.11 Å². The number of pyridine rings is 1. The Morgan fingerprint density at radius 3 is 2.62 bits per heavy atom. The molecule has 1 aromatic rings. The van der Waals surface area contributed by atoms with Crippen LogP contribution in [0.5, 0.6) is 0 Å². The van der Waals surface area contributed by atoms with Crippen molar-refractivity contribution in [2.45, 2.75) is 24.3 Å². The molecular weight excluding hydrogens is 290 g/mol. The van der Waals surface area contributed by atoms with Crippen molar-refractivity contribution in [3.05, 3.63) is 24.0 Å². The van der Waals surface area contributed by atoms with E-state index in [1.54, 1.807) is 0 Å². The predicted molar refractivity (Wildman–Crippen MR) is 81.2 cm³/mol. The first kappa shape index (κ1) is 17.6. The highest BCUT2D eigenvalue weighted by molar-refractivity contribution is 7.89. The molecular formula is C14H21N3O3S. The van der Waals surface area contributed by atoms with Crippen LogP contribution >= 0.6 is 0 Å². The topological polar surface area (TPSA) is 82.5 Å². The van der Waals surface area contributed by atoms with Crippen LogP contribution in [0.3, 0.4) is 0 Å². The summed E-state index contributed by atoms with van der Waals surface area (Å²) < 4.78 is 27.1. The van der Waals surface area contributed by atoms with E-state index in [1.165, 1.54) is 18.5 Å². The van der Waals surface area contributed by atoms with E-state index in [9.17, 15) is 8.42 Å². The van der Waals surface area contributed by atoms with Crippen LogP contribution in [0.25, 0.3) is 0 Å². The summed E-state index contributed by atoms with van der Waals surface area (Å²) in [6, 6.07) is 1.43. The molecule has 6 nitrogen and oxygen atoms in total. The third kappa shape index (κ3) is 5.10. The Labute approximate surface area is 126 Å². The number of nitrogens with zero attached hydrogens (tertiary/aromatic N) is 2. The lowest BCUT2D eigenvalue weighted by Gasteiger charge is -2.32. The molecule has 116 valence electrons. The molecule has 0 aliphatic carbocycles. The van der Waals surface area contributed by atoms with Gasteiger partial charge in [0.25, 0.3) is 0 Å². The number of sulfonamides is 1. The van der Waals surface area contributed by atoms with Gasteiger partial charge in [-0.3, -0.25) is 4.98 Å². The average Bonchev–Trinajstić information content (AvgIpc) is 2.43. The molecule has 0 aliphatic heterocycles. The minimum absolute atomic E-state index is 0.0572. The van der Waals surface area contributed by atoms with Crippen LogP contribution in [0.1, 0.15) is 19.4 Å². The monoisotopic (exact) mass is 311 g/mol. The van der Waals surface area contributed by atoms with Crippen LogP contribution in [0.15, 0.2) is 23.4 Å². The second-order valence-electron chi connectivity index (χ2n) is 5.40. The standard InChI is InChI=1S/C14H21N3O3S/c1-14(2,17(3)4)11-16-21(19,20)13-8-12(6-5-7-18)9-15-10-13/h8-10,16,18H,7,11H2,1-4H3. The Balaban J connectivity index is 2.93. The van der Waals surface area contributed by atoms with Gasteiger partial charge >= 0.3 is 0 Å². The minimum atomic E-state index is -3.64. The maximum Gasteiger partial charge on any atom is 0.242 e. The summed E-state index contributed by atoms with van der Waals surface area (Å²) in [6.07, 6.45) is 2.72. The smallest absolute Gasteiger partial charge is 0.242 e. The molecule has 21 heavy (non-hydrogen) atoms. The molecule has 0 bridgehead atoms. The normalized spacial score (nSPS) is 12.1. The fourth-order valence-corrected chi connectivity index (χ4v) is 2.48. The Kier molecular flexibility index (Phi) is 5.87. The van der Waals surface area contributed by atoms with Gasteiger partial charge in [0.15, 0.2) is 0 Å². The van der Waals surface area contributed by atoms with Crippen molar-refractivity contribution < 1.29 is 13.5 Å². The van der Waals surface area contributed by atoms with Gasteiger partial charge in [0, 0.05) is 30.0 Å². The van der Waals surface area contributed by atoms with Crippen molar-refractivity contribution in [1.82, 2.24) is 14.6 Å². The highest BCUT2D eigenvalue weighted by atomic mass is 32.2. The van der Waals surface area contributed by atoms with E-state index in [2.05, 4.69) is 21.5 Å². The Hall–Kier alpha value is -1.46. The highest BCUT2D eigenvalue weighted by Crippen LogP contribution is 2.12. The zero-order valence-electron chi connectivity index (χ0n) is 12.7. The number of hydrogen-bond donors (Lipinski definition) is 2. The minimum Gasteiger partial charge on any atom is -0.384 e. The van der Waals surface area contributed by atoms with Crippen molar-refractivity contribution in [3.63, 3.8) is 0 Å². The number of aliphatic hydroxyl groups is 1. The molecule has 0 aromatic carbocycles. The van der Waals surface area contributed by atoms with Crippen LogP contribution in [0.2, 0.25) is 0 Å². The molecule has 7 heteroatoms. The molecule has 0 atom stereocenters. The third-order valence-corrected chi connectivity index (χ3v) is 4.61. The lowest BCUT2D eigenvalue weighted by atomic mass is 10.1. The first-order chi connectivity index (χ1) is 9.69. The molecule has 0 aliphatic rings. The Bertz CT molecular complexity index is 643. The van der Waals surface area contributed by atoms with Crippen molar-refractivity contribution >= 4 is 10.0 Å². The van der Waals surface area contributed by atoms with E-state index in [0.29, 0.717) is 5.56 Å². The van der Waals surface area contributed by atoms with Crippen molar-refractivity contribution in [2.75, 3.05) is 27.2 Å². The predicted octanol–water partition coefficient (Wildman–Crippen LogP) is 0.0439. The maximum absolute atomic E-state index is 12.3. The summed E-state index contributed by atoms with van der Waals surface area (Å²) in [6.45, 7) is 3.87. The Morgan fingerprint density at radius 2 is 2.05 bits per heavy atom. The number of likely N-dealkylation sites (N-methyl/N-ethyl adjacent to an activating group) is 1. The van der Waals surface area contributed by atoms with Gasteiger partial charge in [0.05, 0.1) is 0 Å². The lowest BCUT2D eigenvalue weighted by Crippen LogP contribution is -2.48. The summed E-state index contributed by atoms with van der Waals surface area (Å²) in [5, 5.41) is 8.65. The molecule has 0 fully saturated rings. The van der Waals surface area contributed by atoms with Gasteiger partial charge in [-0.2, -0.15) is 0 Å². The third-order valence-electron chi connectivity index (χ3n) is 3.24. The van der Waals surface area contributed by atoms with Crippen molar-refractivity contribution in [1.29, 1.82) is 0 Å². The molecule has 0 spiro atoms. The summed E-state index contributed by atoms with van der Waals surface area (Å²) in [5.41, 5.74) is 0.133. The molecule has 2 N–H and O–H groups in total. The molecule has 0 unspecified atom stereocenters. The second kappa shape index (κ2) is 7.00.